The minimum Gasteiger partial charge on any atom is -0.460 e. The maximum atomic E-state index is 12.0. The van der Waals surface area contributed by atoms with E-state index in [1.54, 1.807) is 24.3 Å². The Balaban J connectivity index is 1.79. The smallest absolute Gasteiger partial charge is 0.411 e. The second-order valence-electron chi connectivity index (χ2n) is 9.30. The van der Waals surface area contributed by atoms with Crippen LogP contribution in [0.1, 0.15) is 52.7 Å². The first-order valence-electron chi connectivity index (χ1n) is 9.99. The van der Waals surface area contributed by atoms with Gasteiger partial charge >= 0.3 is 12.1 Å². The maximum absolute atomic E-state index is 12.0. The van der Waals surface area contributed by atoms with Crippen LogP contribution >= 0.6 is 0 Å². The predicted octanol–water partition coefficient (Wildman–Crippen LogP) is 5.74. The highest BCUT2D eigenvalue weighted by atomic mass is 16.5. The fourth-order valence-corrected chi connectivity index (χ4v) is 2.47. The van der Waals surface area contributed by atoms with Crippen molar-refractivity contribution in [2.24, 2.45) is 5.41 Å². The minimum atomic E-state index is -0.533. The van der Waals surface area contributed by atoms with Gasteiger partial charge in [-0.25, -0.2) is 4.79 Å². The Labute approximate surface area is 179 Å². The van der Waals surface area contributed by atoms with Crippen molar-refractivity contribution in [2.45, 2.75) is 60.3 Å². The minimum absolute atomic E-state index is 0.0122. The lowest BCUT2D eigenvalue weighted by molar-refractivity contribution is -0.154. The predicted molar refractivity (Wildman–Crippen MR) is 119 cm³/mol. The van der Waals surface area contributed by atoms with E-state index in [1.807, 2.05) is 45.0 Å². The average molecular weight is 413 g/mol. The van der Waals surface area contributed by atoms with Gasteiger partial charge in [-0.1, -0.05) is 24.3 Å². The molecule has 162 valence electrons. The second-order valence-corrected chi connectivity index (χ2v) is 9.30. The number of rotatable bonds is 6. The van der Waals surface area contributed by atoms with Crippen LogP contribution in [0.25, 0.3) is 0 Å². The number of ether oxygens (including phenoxy) is 2. The highest BCUT2D eigenvalue weighted by Gasteiger charge is 2.22. The Morgan fingerprint density at radius 1 is 0.733 bits per heavy atom. The Hall–Kier alpha value is -3.02. The first-order chi connectivity index (χ1) is 13.9. The van der Waals surface area contributed by atoms with Crippen molar-refractivity contribution in [3.63, 3.8) is 0 Å². The topological polar surface area (TPSA) is 76.7 Å². The van der Waals surface area contributed by atoms with Crippen molar-refractivity contribution in [1.82, 2.24) is 0 Å². The van der Waals surface area contributed by atoms with Crippen molar-refractivity contribution in [3.05, 3.63) is 59.7 Å². The van der Waals surface area contributed by atoms with Crippen LogP contribution in [0.2, 0.25) is 0 Å². The summed E-state index contributed by atoms with van der Waals surface area (Å²) in [5, 5.41) is 6.07. The van der Waals surface area contributed by atoms with E-state index in [1.165, 1.54) is 0 Å². The van der Waals surface area contributed by atoms with Crippen LogP contribution in [0.3, 0.4) is 0 Å². The summed E-state index contributed by atoms with van der Waals surface area (Å²) in [6.45, 7) is 12.1. The highest BCUT2D eigenvalue weighted by Crippen LogP contribution is 2.18. The number of carbonyl (C=O) groups is 2. The normalized spacial score (nSPS) is 11.5. The molecule has 0 aliphatic heterocycles. The molecule has 0 atom stereocenters. The molecule has 30 heavy (non-hydrogen) atoms. The summed E-state index contributed by atoms with van der Waals surface area (Å²) >= 11 is 0. The molecule has 6 nitrogen and oxygen atoms in total. The fourth-order valence-electron chi connectivity index (χ4n) is 2.47. The van der Waals surface area contributed by atoms with Crippen LogP contribution < -0.4 is 10.6 Å². The van der Waals surface area contributed by atoms with E-state index in [9.17, 15) is 9.59 Å². The monoisotopic (exact) mass is 412 g/mol. The first-order valence-corrected chi connectivity index (χ1v) is 9.99. The van der Waals surface area contributed by atoms with Gasteiger partial charge in [0.2, 0.25) is 0 Å². The first kappa shape index (κ1) is 23.3. The zero-order valence-corrected chi connectivity index (χ0v) is 18.7. The van der Waals surface area contributed by atoms with Gasteiger partial charge in [-0.3, -0.25) is 10.1 Å². The Kier molecular flexibility index (Phi) is 7.48. The molecule has 0 saturated carbocycles. The number of benzene rings is 2. The number of hydrogen-bond acceptors (Lipinski definition) is 5. The van der Waals surface area contributed by atoms with E-state index in [2.05, 4.69) is 31.4 Å². The van der Waals surface area contributed by atoms with Crippen molar-refractivity contribution in [3.8, 4) is 0 Å². The Morgan fingerprint density at radius 2 is 1.20 bits per heavy atom. The lowest BCUT2D eigenvalue weighted by Gasteiger charge is -2.22. The van der Waals surface area contributed by atoms with Crippen molar-refractivity contribution >= 4 is 23.4 Å². The summed E-state index contributed by atoms with van der Waals surface area (Å²) in [5.74, 6) is -0.254. The summed E-state index contributed by atoms with van der Waals surface area (Å²) in [4.78, 5) is 23.9. The molecule has 0 heterocycles. The van der Waals surface area contributed by atoms with Crippen LogP contribution in [-0.4, -0.2) is 17.6 Å². The van der Waals surface area contributed by atoms with Crippen molar-refractivity contribution < 1.29 is 19.1 Å². The number of anilines is 2. The molecule has 0 bridgehead atoms. The molecule has 2 rings (SSSR count). The average Bonchev–Trinajstić information content (AvgIpc) is 2.64. The van der Waals surface area contributed by atoms with Crippen molar-refractivity contribution in [2.75, 3.05) is 10.6 Å². The Bertz CT molecular complexity index is 845. The molecule has 0 aliphatic rings. The third-order valence-electron chi connectivity index (χ3n) is 4.03. The molecule has 2 aromatic carbocycles. The van der Waals surface area contributed by atoms with Gasteiger partial charge in [0.1, 0.15) is 13.2 Å². The quantitative estimate of drug-likeness (QED) is 0.592. The summed E-state index contributed by atoms with van der Waals surface area (Å²) in [6, 6.07) is 14.9. The second kappa shape index (κ2) is 9.65. The van der Waals surface area contributed by atoms with E-state index < -0.39 is 11.5 Å². The molecule has 2 aromatic rings. The Morgan fingerprint density at radius 3 is 1.67 bits per heavy atom. The number of esters is 1. The molecular formula is C24H32N2O4. The molecule has 2 N–H and O–H groups in total. The van der Waals surface area contributed by atoms with Crippen LogP contribution in [-0.2, 0) is 27.5 Å². The zero-order chi connectivity index (χ0) is 22.4. The van der Waals surface area contributed by atoms with Crippen LogP contribution in [0.15, 0.2) is 48.5 Å². The molecule has 0 saturated heterocycles. The molecule has 0 radical (unpaired) electrons. The van der Waals surface area contributed by atoms with E-state index in [-0.39, 0.29) is 24.7 Å². The SMILES string of the molecule is CC(C)(C)Nc1ccc(COC(=O)Nc2ccc(COC(=O)C(C)(C)C)cc2)cc1. The van der Waals surface area contributed by atoms with Crippen LogP contribution in [0.4, 0.5) is 16.2 Å². The third kappa shape index (κ3) is 8.15. The lowest BCUT2D eigenvalue weighted by Crippen LogP contribution is -2.25. The molecular weight excluding hydrogens is 380 g/mol. The number of amides is 1. The van der Waals surface area contributed by atoms with E-state index in [0.717, 1.165) is 16.8 Å². The number of carbonyl (C=O) groups excluding carboxylic acids is 2. The molecule has 0 aromatic heterocycles. The van der Waals surface area contributed by atoms with E-state index in [0.29, 0.717) is 5.69 Å². The van der Waals surface area contributed by atoms with Crippen LogP contribution in [0.5, 0.6) is 0 Å². The van der Waals surface area contributed by atoms with Gasteiger partial charge in [-0.15, -0.1) is 0 Å². The maximum Gasteiger partial charge on any atom is 0.411 e. The largest absolute Gasteiger partial charge is 0.460 e. The van der Waals surface area contributed by atoms with Crippen LogP contribution in [0, 0.1) is 5.41 Å². The molecule has 6 heteroatoms. The number of nitrogens with one attached hydrogen (secondary N) is 2. The third-order valence-corrected chi connectivity index (χ3v) is 4.03. The standard InChI is InChI=1S/C24H32N2O4/c1-23(2,3)21(27)29-15-17-7-11-19(12-8-17)25-22(28)30-16-18-9-13-20(14-10-18)26-24(4,5)6/h7-14,26H,15-16H2,1-6H3,(H,25,28). The summed E-state index contributed by atoms with van der Waals surface area (Å²) in [7, 11) is 0. The summed E-state index contributed by atoms with van der Waals surface area (Å²) in [5.41, 5.74) is 2.83. The van der Waals surface area contributed by atoms with E-state index in [4.69, 9.17) is 9.47 Å². The van der Waals surface area contributed by atoms with Gasteiger partial charge < -0.3 is 14.8 Å². The van der Waals surface area contributed by atoms with Gasteiger partial charge in [-0.2, -0.15) is 0 Å². The highest BCUT2D eigenvalue weighted by molar-refractivity contribution is 5.84. The molecule has 0 unspecified atom stereocenters. The van der Waals surface area contributed by atoms with Gasteiger partial charge in [0.25, 0.3) is 0 Å². The molecule has 0 aliphatic carbocycles. The van der Waals surface area contributed by atoms with Gasteiger partial charge in [0.05, 0.1) is 5.41 Å². The van der Waals surface area contributed by atoms with Gasteiger partial charge in [-0.05, 0) is 76.9 Å². The van der Waals surface area contributed by atoms with Gasteiger partial charge in [0, 0.05) is 16.9 Å². The molecule has 1 amide bonds. The van der Waals surface area contributed by atoms with E-state index >= 15 is 0 Å². The number of hydrogen-bond donors (Lipinski definition) is 2. The lowest BCUT2D eigenvalue weighted by atomic mass is 9.97. The zero-order valence-electron chi connectivity index (χ0n) is 18.7. The fraction of sp³-hybridized carbons (Fsp3) is 0.417. The molecule has 0 fully saturated rings. The summed E-state index contributed by atoms with van der Waals surface area (Å²) in [6.07, 6.45) is -0.529. The summed E-state index contributed by atoms with van der Waals surface area (Å²) < 4.78 is 10.6. The van der Waals surface area contributed by atoms with Crippen molar-refractivity contribution in [1.29, 1.82) is 0 Å². The van der Waals surface area contributed by atoms with Gasteiger partial charge in [0.15, 0.2) is 0 Å². The molecule has 0 spiro atoms.